The zero-order valence-corrected chi connectivity index (χ0v) is 11.2. The van der Waals surface area contributed by atoms with E-state index in [1.54, 1.807) is 0 Å². The van der Waals surface area contributed by atoms with Gasteiger partial charge in [-0.25, -0.2) is 0 Å². The number of hydrogen-bond donors (Lipinski definition) is 1. The number of rotatable bonds is 6. The van der Waals surface area contributed by atoms with Crippen LogP contribution in [0.5, 0.6) is 0 Å². The predicted octanol–water partition coefficient (Wildman–Crippen LogP) is 2.35. The zero-order valence-electron chi connectivity index (χ0n) is 11.2. The van der Waals surface area contributed by atoms with Gasteiger partial charge in [-0.1, -0.05) is 20.8 Å². The number of piperidine rings is 1. The van der Waals surface area contributed by atoms with Crippen LogP contribution >= 0.6 is 0 Å². The van der Waals surface area contributed by atoms with Crippen LogP contribution in [0.3, 0.4) is 0 Å². The number of likely N-dealkylation sites (tertiary alicyclic amines) is 1. The van der Waals surface area contributed by atoms with Crippen LogP contribution in [0.25, 0.3) is 0 Å². The molecule has 1 saturated heterocycles. The molecule has 1 N–H and O–H groups in total. The van der Waals surface area contributed by atoms with E-state index in [0.717, 1.165) is 30.3 Å². The smallest absolute Gasteiger partial charge is 0.00987 e. The van der Waals surface area contributed by atoms with E-state index in [1.165, 1.54) is 38.9 Å². The maximum Gasteiger partial charge on any atom is 0.00987 e. The van der Waals surface area contributed by atoms with E-state index in [2.05, 4.69) is 31.0 Å². The normalized spacial score (nSPS) is 31.5. The molecule has 0 spiro atoms. The maximum atomic E-state index is 3.58. The third-order valence-electron chi connectivity index (χ3n) is 4.11. The minimum Gasteiger partial charge on any atom is -0.316 e. The lowest BCUT2D eigenvalue weighted by Gasteiger charge is -2.29. The lowest BCUT2D eigenvalue weighted by molar-refractivity contribution is 0.185. The molecule has 0 aromatic rings. The summed E-state index contributed by atoms with van der Waals surface area (Å²) in [7, 11) is 0. The third kappa shape index (κ3) is 3.21. The summed E-state index contributed by atoms with van der Waals surface area (Å²) in [5, 5.41) is 3.58. The maximum absolute atomic E-state index is 3.58. The molecule has 3 unspecified atom stereocenters. The van der Waals surface area contributed by atoms with Gasteiger partial charge in [0.15, 0.2) is 0 Å². The Hall–Kier alpha value is -0.0800. The van der Waals surface area contributed by atoms with Crippen LogP contribution in [0.4, 0.5) is 0 Å². The van der Waals surface area contributed by atoms with Gasteiger partial charge in [0.1, 0.15) is 0 Å². The largest absolute Gasteiger partial charge is 0.316 e. The summed E-state index contributed by atoms with van der Waals surface area (Å²) in [6.45, 7) is 12.0. The van der Waals surface area contributed by atoms with E-state index < -0.39 is 0 Å². The fourth-order valence-electron chi connectivity index (χ4n) is 3.33. The Morgan fingerprint density at radius 1 is 1.19 bits per heavy atom. The molecule has 0 radical (unpaired) electrons. The molecule has 2 rings (SSSR count). The minimum atomic E-state index is 0.773. The second-order valence-corrected chi connectivity index (χ2v) is 6.44. The van der Waals surface area contributed by atoms with Gasteiger partial charge in [0.05, 0.1) is 0 Å². The first-order valence-corrected chi connectivity index (χ1v) is 7.10. The SMILES string of the molecule is CC(C)CNCC(C)CN1CC2CCC1C2. The summed E-state index contributed by atoms with van der Waals surface area (Å²) in [5.41, 5.74) is 0. The molecule has 1 aliphatic heterocycles. The van der Waals surface area contributed by atoms with Crippen molar-refractivity contribution in [1.29, 1.82) is 0 Å². The molecule has 2 aliphatic rings. The Kier molecular flexibility index (Phi) is 4.26. The molecule has 1 heterocycles. The lowest BCUT2D eigenvalue weighted by atomic mass is 10.1. The van der Waals surface area contributed by atoms with Crippen molar-refractivity contribution in [2.24, 2.45) is 17.8 Å². The average Bonchev–Trinajstić information content (AvgIpc) is 2.78. The summed E-state index contributed by atoms with van der Waals surface area (Å²) < 4.78 is 0. The highest BCUT2D eigenvalue weighted by atomic mass is 15.2. The molecule has 2 bridgehead atoms. The molecule has 0 amide bonds. The molecule has 2 nitrogen and oxygen atoms in total. The van der Waals surface area contributed by atoms with E-state index in [1.807, 2.05) is 0 Å². The topological polar surface area (TPSA) is 15.3 Å². The quantitative estimate of drug-likeness (QED) is 0.745. The molecule has 1 aliphatic carbocycles. The highest BCUT2D eigenvalue weighted by Gasteiger charge is 2.37. The van der Waals surface area contributed by atoms with Gasteiger partial charge in [0.2, 0.25) is 0 Å². The van der Waals surface area contributed by atoms with Crippen molar-refractivity contribution in [2.75, 3.05) is 26.2 Å². The Balaban J connectivity index is 1.62. The first-order valence-electron chi connectivity index (χ1n) is 7.10. The van der Waals surface area contributed by atoms with Crippen LogP contribution in [-0.2, 0) is 0 Å². The Labute approximate surface area is 101 Å². The highest BCUT2D eigenvalue weighted by molar-refractivity contribution is 4.92. The molecular weight excluding hydrogens is 196 g/mol. The summed E-state index contributed by atoms with van der Waals surface area (Å²) in [6.07, 6.45) is 4.46. The fourth-order valence-corrected chi connectivity index (χ4v) is 3.33. The highest BCUT2D eigenvalue weighted by Crippen LogP contribution is 2.37. The first-order chi connectivity index (χ1) is 7.65. The van der Waals surface area contributed by atoms with Gasteiger partial charge < -0.3 is 5.32 Å². The van der Waals surface area contributed by atoms with Crippen molar-refractivity contribution in [3.63, 3.8) is 0 Å². The van der Waals surface area contributed by atoms with Crippen LogP contribution in [0.2, 0.25) is 0 Å². The predicted molar refractivity (Wildman–Crippen MR) is 69.6 cm³/mol. The Bertz CT molecular complexity index is 215. The molecule has 3 atom stereocenters. The minimum absolute atomic E-state index is 0.773. The zero-order chi connectivity index (χ0) is 11.5. The first kappa shape index (κ1) is 12.4. The standard InChI is InChI=1S/C14H28N2/c1-11(2)7-15-8-12(3)9-16-10-13-4-5-14(16)6-13/h11-15H,4-10H2,1-3H3. The van der Waals surface area contributed by atoms with E-state index in [0.29, 0.717) is 0 Å². The van der Waals surface area contributed by atoms with E-state index >= 15 is 0 Å². The molecule has 94 valence electrons. The van der Waals surface area contributed by atoms with Crippen molar-refractivity contribution in [3.05, 3.63) is 0 Å². The van der Waals surface area contributed by atoms with Crippen LogP contribution in [0.1, 0.15) is 40.0 Å². The van der Waals surface area contributed by atoms with Crippen molar-refractivity contribution in [1.82, 2.24) is 10.2 Å². The third-order valence-corrected chi connectivity index (χ3v) is 4.11. The Morgan fingerprint density at radius 3 is 2.56 bits per heavy atom. The summed E-state index contributed by atoms with van der Waals surface area (Å²) >= 11 is 0. The molecule has 0 aromatic heterocycles. The van der Waals surface area contributed by atoms with E-state index in [9.17, 15) is 0 Å². The van der Waals surface area contributed by atoms with Crippen LogP contribution in [0.15, 0.2) is 0 Å². The molecule has 16 heavy (non-hydrogen) atoms. The summed E-state index contributed by atoms with van der Waals surface area (Å²) in [6, 6.07) is 0.942. The number of nitrogens with zero attached hydrogens (tertiary/aromatic N) is 1. The lowest BCUT2D eigenvalue weighted by Crippen LogP contribution is -2.38. The number of nitrogens with one attached hydrogen (secondary N) is 1. The molecule has 2 heteroatoms. The summed E-state index contributed by atoms with van der Waals surface area (Å²) in [5.74, 6) is 2.62. The van der Waals surface area contributed by atoms with Gasteiger partial charge in [0.25, 0.3) is 0 Å². The van der Waals surface area contributed by atoms with Crippen LogP contribution in [0, 0.1) is 17.8 Å². The van der Waals surface area contributed by atoms with Gasteiger partial charge in [-0.05, 0) is 50.1 Å². The fraction of sp³-hybridized carbons (Fsp3) is 1.00. The van der Waals surface area contributed by atoms with Gasteiger partial charge in [0, 0.05) is 19.1 Å². The molecule has 1 saturated carbocycles. The van der Waals surface area contributed by atoms with Crippen LogP contribution in [-0.4, -0.2) is 37.1 Å². The molecule has 0 aromatic carbocycles. The van der Waals surface area contributed by atoms with E-state index in [-0.39, 0.29) is 0 Å². The summed E-state index contributed by atoms with van der Waals surface area (Å²) in [4.78, 5) is 2.75. The van der Waals surface area contributed by atoms with Gasteiger partial charge in [-0.15, -0.1) is 0 Å². The molecule has 2 fully saturated rings. The number of hydrogen-bond acceptors (Lipinski definition) is 2. The second kappa shape index (κ2) is 5.50. The monoisotopic (exact) mass is 224 g/mol. The van der Waals surface area contributed by atoms with Crippen molar-refractivity contribution >= 4 is 0 Å². The van der Waals surface area contributed by atoms with Crippen molar-refractivity contribution in [2.45, 2.75) is 46.1 Å². The second-order valence-electron chi connectivity index (χ2n) is 6.44. The van der Waals surface area contributed by atoms with Gasteiger partial charge in [-0.3, -0.25) is 4.90 Å². The average molecular weight is 224 g/mol. The van der Waals surface area contributed by atoms with Gasteiger partial charge >= 0.3 is 0 Å². The van der Waals surface area contributed by atoms with Crippen molar-refractivity contribution < 1.29 is 0 Å². The van der Waals surface area contributed by atoms with Crippen molar-refractivity contribution in [3.8, 4) is 0 Å². The Morgan fingerprint density at radius 2 is 2.00 bits per heavy atom. The molecular formula is C14H28N2. The van der Waals surface area contributed by atoms with Gasteiger partial charge in [-0.2, -0.15) is 0 Å². The van der Waals surface area contributed by atoms with Crippen LogP contribution < -0.4 is 5.32 Å². The van der Waals surface area contributed by atoms with E-state index in [4.69, 9.17) is 0 Å². The number of fused-ring (bicyclic) bond motifs is 2.